The molecule has 110 valence electrons. The Morgan fingerprint density at radius 3 is 2.17 bits per heavy atom. The van der Waals surface area contributed by atoms with Gasteiger partial charge in [-0.15, -0.1) is 0 Å². The Hall–Kier alpha value is 0.460. The zero-order chi connectivity index (χ0) is 14.4. The molecule has 1 atom stereocenters. The summed E-state index contributed by atoms with van der Waals surface area (Å²) < 4.78 is 21.0. The minimum atomic E-state index is -4.22. The van der Waals surface area contributed by atoms with Gasteiger partial charge in [0.25, 0.3) is 0 Å². The minimum absolute atomic E-state index is 0.102. The lowest BCUT2D eigenvalue weighted by molar-refractivity contribution is 0.155. The Morgan fingerprint density at radius 2 is 1.72 bits per heavy atom. The van der Waals surface area contributed by atoms with Crippen LogP contribution in [0.3, 0.4) is 0 Å². The van der Waals surface area contributed by atoms with Gasteiger partial charge in [0, 0.05) is 0 Å². The Bertz CT molecular complexity index is 287. The van der Waals surface area contributed by atoms with Gasteiger partial charge < -0.3 is 4.89 Å². The highest BCUT2D eigenvalue weighted by atomic mass is 31.3. The van der Waals surface area contributed by atoms with Crippen molar-refractivity contribution in [2.75, 3.05) is 6.61 Å². The van der Waals surface area contributed by atoms with Gasteiger partial charge in [-0.05, 0) is 27.2 Å². The molecule has 0 fully saturated rings. The SMILES string of the molecule is CCCCCCO[P+](O)(O)OP(=O)(O)C(C)(C)C. The van der Waals surface area contributed by atoms with E-state index in [0.717, 1.165) is 19.3 Å². The van der Waals surface area contributed by atoms with E-state index in [1.54, 1.807) is 0 Å². The van der Waals surface area contributed by atoms with Crippen LogP contribution >= 0.6 is 15.8 Å². The van der Waals surface area contributed by atoms with Crippen LogP contribution in [-0.2, 0) is 13.4 Å². The lowest BCUT2D eigenvalue weighted by Crippen LogP contribution is -2.17. The minimum Gasteiger partial charge on any atom is -0.322 e. The van der Waals surface area contributed by atoms with E-state index in [-0.39, 0.29) is 6.61 Å². The fourth-order valence-electron chi connectivity index (χ4n) is 1.00. The summed E-state index contributed by atoms with van der Waals surface area (Å²) in [4.78, 5) is 28.5. The summed E-state index contributed by atoms with van der Waals surface area (Å²) in [6.07, 6.45) is 3.66. The van der Waals surface area contributed by atoms with Crippen LogP contribution in [0.1, 0.15) is 53.4 Å². The van der Waals surface area contributed by atoms with Crippen LogP contribution in [0.25, 0.3) is 0 Å². The normalized spacial score (nSPS) is 16.6. The van der Waals surface area contributed by atoms with Crippen LogP contribution in [-0.4, -0.2) is 26.4 Å². The van der Waals surface area contributed by atoms with E-state index in [1.165, 1.54) is 20.8 Å². The predicted octanol–water partition coefficient (Wildman–Crippen LogP) is 3.25. The summed E-state index contributed by atoms with van der Waals surface area (Å²) in [5.41, 5.74) is 0. The summed E-state index contributed by atoms with van der Waals surface area (Å²) >= 11 is 0. The highest BCUT2D eigenvalue weighted by Crippen LogP contribution is 2.69. The van der Waals surface area contributed by atoms with E-state index in [1.807, 2.05) is 0 Å². The molecule has 0 aromatic carbocycles. The van der Waals surface area contributed by atoms with E-state index >= 15 is 0 Å². The Labute approximate surface area is 110 Å². The van der Waals surface area contributed by atoms with Crippen molar-refractivity contribution in [2.24, 2.45) is 0 Å². The van der Waals surface area contributed by atoms with E-state index < -0.39 is 20.9 Å². The molecule has 0 heterocycles. The molecule has 0 spiro atoms. The molecule has 0 aliphatic heterocycles. The van der Waals surface area contributed by atoms with Gasteiger partial charge in [0.2, 0.25) is 0 Å². The van der Waals surface area contributed by atoms with Crippen molar-refractivity contribution in [3.05, 3.63) is 0 Å². The second-order valence-electron chi connectivity index (χ2n) is 5.16. The van der Waals surface area contributed by atoms with Crippen molar-refractivity contribution < 1.29 is 28.1 Å². The smallest absolute Gasteiger partial charge is 0.322 e. The van der Waals surface area contributed by atoms with Gasteiger partial charge in [-0.25, -0.2) is 0 Å². The monoisotopic (exact) mass is 303 g/mol. The van der Waals surface area contributed by atoms with E-state index in [2.05, 4.69) is 11.2 Å². The quantitative estimate of drug-likeness (QED) is 0.470. The number of rotatable bonds is 8. The van der Waals surface area contributed by atoms with Crippen LogP contribution in [0, 0.1) is 0 Å². The third kappa shape index (κ3) is 7.15. The van der Waals surface area contributed by atoms with Crippen LogP contribution in [0.2, 0.25) is 0 Å². The summed E-state index contributed by atoms with van der Waals surface area (Å²) in [6, 6.07) is 0. The first-order valence-electron chi connectivity index (χ1n) is 6.05. The zero-order valence-corrected chi connectivity index (χ0v) is 13.3. The van der Waals surface area contributed by atoms with Gasteiger partial charge in [-0.1, -0.05) is 30.5 Å². The summed E-state index contributed by atoms with van der Waals surface area (Å²) in [6.45, 7) is 6.61. The summed E-state index contributed by atoms with van der Waals surface area (Å²) in [5.74, 6) is 0. The Balaban J connectivity index is 4.19. The second-order valence-corrected chi connectivity index (χ2v) is 9.43. The molecule has 0 aliphatic rings. The van der Waals surface area contributed by atoms with Crippen molar-refractivity contribution >= 4 is 15.8 Å². The van der Waals surface area contributed by atoms with Gasteiger partial charge in [0.05, 0.1) is 5.16 Å². The van der Waals surface area contributed by atoms with E-state index in [0.29, 0.717) is 6.42 Å². The van der Waals surface area contributed by atoms with Crippen molar-refractivity contribution in [3.8, 4) is 0 Å². The average molecular weight is 303 g/mol. The van der Waals surface area contributed by atoms with E-state index in [4.69, 9.17) is 4.52 Å². The first-order valence-corrected chi connectivity index (χ1v) is 9.16. The van der Waals surface area contributed by atoms with Crippen molar-refractivity contribution in [2.45, 2.75) is 58.5 Å². The first kappa shape index (κ1) is 18.5. The number of unbranched alkanes of at least 4 members (excludes halogenated alkanes) is 3. The molecular weight excluding hydrogens is 278 g/mol. The maximum atomic E-state index is 11.7. The standard InChI is InChI=1S/C10H24O6P2/c1-5-6-7-8-9-15-18(13,14)16-17(11,12)10(2,3)4/h13-14H,5-9H2,1-4H3/p+1. The third-order valence-electron chi connectivity index (χ3n) is 2.32. The van der Waals surface area contributed by atoms with E-state index in [9.17, 15) is 19.2 Å². The van der Waals surface area contributed by atoms with Gasteiger partial charge in [-0.3, -0.25) is 4.57 Å². The van der Waals surface area contributed by atoms with Crippen LogP contribution in [0.4, 0.5) is 0 Å². The second kappa shape index (κ2) is 7.30. The van der Waals surface area contributed by atoms with Gasteiger partial charge in [-0.2, -0.15) is 14.3 Å². The van der Waals surface area contributed by atoms with Crippen molar-refractivity contribution in [1.82, 2.24) is 0 Å². The largest absolute Gasteiger partial charge is 0.578 e. The van der Waals surface area contributed by atoms with Crippen molar-refractivity contribution in [1.29, 1.82) is 0 Å². The van der Waals surface area contributed by atoms with Crippen molar-refractivity contribution in [3.63, 3.8) is 0 Å². The molecule has 18 heavy (non-hydrogen) atoms. The molecule has 0 aromatic heterocycles. The summed E-state index contributed by atoms with van der Waals surface area (Å²) in [5, 5.41) is -1.09. The maximum absolute atomic E-state index is 11.7. The maximum Gasteiger partial charge on any atom is 0.578 e. The third-order valence-corrected chi connectivity index (χ3v) is 6.27. The molecule has 0 aliphatic carbocycles. The topological polar surface area (TPSA) is 96.2 Å². The fraction of sp³-hybridized carbons (Fsp3) is 1.00. The average Bonchev–Trinajstić information content (AvgIpc) is 2.13. The predicted molar refractivity (Wildman–Crippen MR) is 72.1 cm³/mol. The van der Waals surface area contributed by atoms with Crippen LogP contribution < -0.4 is 0 Å². The molecular formula is C10H25O6P2+. The molecule has 8 heteroatoms. The molecule has 0 saturated carbocycles. The number of hydrogen-bond donors (Lipinski definition) is 3. The fourth-order valence-corrected chi connectivity index (χ4v) is 3.69. The molecule has 0 aromatic rings. The highest BCUT2D eigenvalue weighted by Gasteiger charge is 2.52. The molecule has 6 nitrogen and oxygen atoms in total. The molecule has 3 N–H and O–H groups in total. The Morgan fingerprint density at radius 1 is 1.17 bits per heavy atom. The molecule has 0 bridgehead atoms. The van der Waals surface area contributed by atoms with Crippen LogP contribution in [0.5, 0.6) is 0 Å². The van der Waals surface area contributed by atoms with Gasteiger partial charge >= 0.3 is 15.8 Å². The molecule has 0 rings (SSSR count). The Kier molecular flexibility index (Phi) is 7.48. The lowest BCUT2D eigenvalue weighted by atomic mass is 10.2. The van der Waals surface area contributed by atoms with Gasteiger partial charge in [0.1, 0.15) is 6.61 Å². The summed E-state index contributed by atoms with van der Waals surface area (Å²) in [7, 11) is -8.36. The lowest BCUT2D eigenvalue weighted by Gasteiger charge is -2.23. The molecule has 0 saturated heterocycles. The molecule has 0 amide bonds. The molecule has 0 radical (unpaired) electrons. The molecule has 1 unspecified atom stereocenters. The van der Waals surface area contributed by atoms with Crippen LogP contribution in [0.15, 0.2) is 0 Å². The highest BCUT2D eigenvalue weighted by molar-refractivity contribution is 7.67. The number of hydrogen-bond acceptors (Lipinski definition) is 5. The van der Waals surface area contributed by atoms with Gasteiger partial charge in [0.15, 0.2) is 0 Å². The first-order chi connectivity index (χ1) is 8.02. The zero-order valence-electron chi connectivity index (χ0n) is 11.5.